The van der Waals surface area contributed by atoms with Gasteiger partial charge in [-0.25, -0.2) is 28.7 Å². The van der Waals surface area contributed by atoms with Crippen LogP contribution in [0.3, 0.4) is 0 Å². The number of nitrogens with zero attached hydrogens (tertiary/aromatic N) is 7. The molecule has 2 amide bonds. The summed E-state index contributed by atoms with van der Waals surface area (Å²) in [6, 6.07) is 20.9. The van der Waals surface area contributed by atoms with Gasteiger partial charge in [-0.05, 0) is 117 Å². The molecule has 0 radical (unpaired) electrons. The zero-order chi connectivity index (χ0) is 45.6. The lowest BCUT2D eigenvalue weighted by Gasteiger charge is -2.33. The second-order valence-electron chi connectivity index (χ2n) is 17.2. The van der Waals surface area contributed by atoms with Crippen LogP contribution in [0, 0.1) is 11.7 Å². The third-order valence-electron chi connectivity index (χ3n) is 12.6. The van der Waals surface area contributed by atoms with Crippen molar-refractivity contribution in [3.8, 4) is 11.3 Å². The Morgan fingerprint density at radius 3 is 2.44 bits per heavy atom. The molecule has 1 aliphatic carbocycles. The fourth-order valence-corrected chi connectivity index (χ4v) is 8.63. The van der Waals surface area contributed by atoms with Crippen molar-refractivity contribution in [2.45, 2.75) is 70.2 Å². The molecule has 2 aliphatic heterocycles. The van der Waals surface area contributed by atoms with E-state index in [1.165, 1.54) is 24.3 Å². The van der Waals surface area contributed by atoms with Crippen LogP contribution in [0.1, 0.15) is 67.1 Å². The van der Waals surface area contributed by atoms with Gasteiger partial charge in [0.1, 0.15) is 35.3 Å². The zero-order valence-corrected chi connectivity index (χ0v) is 36.7. The van der Waals surface area contributed by atoms with Gasteiger partial charge in [0.15, 0.2) is 0 Å². The normalized spacial score (nSPS) is 18.7. The molecule has 5 N–H and O–H groups in total. The Labute approximate surface area is 381 Å². The summed E-state index contributed by atoms with van der Waals surface area (Å²) in [5.74, 6) is 1.28. The summed E-state index contributed by atoms with van der Waals surface area (Å²) >= 11 is 0. The Bertz CT molecular complexity index is 2820. The van der Waals surface area contributed by atoms with Crippen molar-refractivity contribution in [1.29, 1.82) is 0 Å². The number of aliphatic imine (C=N–C) groups is 2. The van der Waals surface area contributed by atoms with Crippen molar-refractivity contribution < 1.29 is 18.4 Å². The maximum Gasteiger partial charge on any atom is 0.256 e. The molecule has 14 nitrogen and oxygen atoms in total. The standard InChI is InChI=1S/C50H52F2N12O2/c1-30(33-6-7-35-24-56-45(22-36(35)20-33)62-49(65)31-4-3-5-31)57-47(27-53-2)58-39-15-18-64(19-16-39)29-44-40-13-10-34(43-26-55-28-48(60-43)59-42-14-17-54-25-41(42)52)21-37(40)23-46(61-44)63-50(66)32-8-11-38(51)12-9-32/h6-13,20-24,26-28,31,39,41-42,54,58H,2-5,14-19,25,29H2,1H3,(H,59,60)(H,56,62,65)(H,61,63,66)/b47-27+,57-30+/t41-,42-/m0/s1. The van der Waals surface area contributed by atoms with Gasteiger partial charge in [-0.1, -0.05) is 30.7 Å². The largest absolute Gasteiger partial charge is 0.366 e. The highest BCUT2D eigenvalue weighted by molar-refractivity contribution is 6.05. The lowest BCUT2D eigenvalue weighted by molar-refractivity contribution is -0.122. The van der Waals surface area contributed by atoms with E-state index in [2.05, 4.69) is 59.2 Å². The number of halogens is 2. The van der Waals surface area contributed by atoms with Gasteiger partial charge in [0.2, 0.25) is 5.91 Å². The van der Waals surface area contributed by atoms with Crippen molar-refractivity contribution in [3.63, 3.8) is 0 Å². The molecular formula is C50H52F2N12O2. The molecule has 0 bridgehead atoms. The quantitative estimate of drug-likeness (QED) is 0.0674. The molecule has 0 unspecified atom stereocenters. The van der Waals surface area contributed by atoms with Crippen LogP contribution in [0.25, 0.3) is 32.8 Å². The van der Waals surface area contributed by atoms with Gasteiger partial charge in [0.05, 0.1) is 36.0 Å². The maximum absolute atomic E-state index is 14.6. The van der Waals surface area contributed by atoms with E-state index in [0.29, 0.717) is 54.0 Å². The predicted octanol–water partition coefficient (Wildman–Crippen LogP) is 8.04. The molecule has 9 rings (SSSR count). The smallest absolute Gasteiger partial charge is 0.256 e. The first-order chi connectivity index (χ1) is 32.1. The number of rotatable bonds is 14. The third-order valence-corrected chi connectivity index (χ3v) is 12.6. The summed E-state index contributed by atoms with van der Waals surface area (Å²) in [7, 11) is 0. The van der Waals surface area contributed by atoms with Crippen molar-refractivity contribution in [2.24, 2.45) is 15.9 Å². The number of aromatic nitrogens is 4. The van der Waals surface area contributed by atoms with Gasteiger partial charge in [0, 0.05) is 71.9 Å². The molecule has 3 aromatic carbocycles. The Kier molecular flexibility index (Phi) is 13.4. The van der Waals surface area contributed by atoms with E-state index in [1.807, 2.05) is 49.4 Å². The minimum Gasteiger partial charge on any atom is -0.366 e. The first kappa shape index (κ1) is 44.2. The van der Waals surface area contributed by atoms with Crippen LogP contribution in [0.2, 0.25) is 0 Å². The van der Waals surface area contributed by atoms with E-state index in [4.69, 9.17) is 15.0 Å². The number of pyridine rings is 2. The highest BCUT2D eigenvalue weighted by atomic mass is 19.1. The minimum absolute atomic E-state index is 0.0276. The highest BCUT2D eigenvalue weighted by Gasteiger charge is 2.27. The van der Waals surface area contributed by atoms with E-state index in [9.17, 15) is 18.4 Å². The Balaban J connectivity index is 0.894. The molecule has 2 saturated heterocycles. The van der Waals surface area contributed by atoms with E-state index in [0.717, 1.165) is 95.8 Å². The fourth-order valence-electron chi connectivity index (χ4n) is 8.63. The third kappa shape index (κ3) is 10.6. The lowest BCUT2D eigenvalue weighted by atomic mass is 9.85. The molecule has 66 heavy (non-hydrogen) atoms. The number of amides is 2. The second-order valence-corrected chi connectivity index (χ2v) is 17.2. The number of likely N-dealkylation sites (tertiary alicyclic amines) is 1. The highest BCUT2D eigenvalue weighted by Crippen LogP contribution is 2.31. The molecule has 0 spiro atoms. The van der Waals surface area contributed by atoms with Crippen molar-refractivity contribution in [3.05, 3.63) is 126 Å². The number of carbonyl (C=O) groups is 2. The molecule has 16 heteroatoms. The molecular weight excluding hydrogens is 839 g/mol. The SMILES string of the molecule is C=N/C=C(\N=C(/C)c1ccc2cnc(NC(=O)C3CCC3)cc2c1)NC1CCN(Cc2nc(NC(=O)c3ccc(F)cc3)cc3cc(-c4cncc(N[C@H]5CCNC[C@@H]5F)n4)ccc23)CC1. The molecule has 3 aliphatic rings. The molecule has 3 fully saturated rings. The first-order valence-electron chi connectivity index (χ1n) is 22.5. The van der Waals surface area contributed by atoms with Crippen LogP contribution in [0.15, 0.2) is 113 Å². The number of anilines is 3. The number of piperidine rings is 2. The number of hydrogen-bond donors (Lipinski definition) is 5. The lowest BCUT2D eigenvalue weighted by Crippen LogP contribution is -2.45. The number of nitrogens with one attached hydrogen (secondary N) is 5. The van der Waals surface area contributed by atoms with Crippen LogP contribution in [0.4, 0.5) is 26.2 Å². The monoisotopic (exact) mass is 890 g/mol. The Morgan fingerprint density at radius 1 is 0.864 bits per heavy atom. The summed E-state index contributed by atoms with van der Waals surface area (Å²) in [6.45, 7) is 8.73. The van der Waals surface area contributed by atoms with Crippen LogP contribution in [-0.2, 0) is 11.3 Å². The Hall–Kier alpha value is -7.04. The molecule has 1 saturated carbocycles. The van der Waals surface area contributed by atoms with Crippen LogP contribution in [-0.4, -0.2) is 93.5 Å². The van der Waals surface area contributed by atoms with Gasteiger partial charge >= 0.3 is 0 Å². The maximum atomic E-state index is 14.6. The van der Waals surface area contributed by atoms with Crippen LogP contribution >= 0.6 is 0 Å². The number of carbonyl (C=O) groups excluding carboxylic acids is 2. The molecule has 5 heterocycles. The number of benzene rings is 3. The summed E-state index contributed by atoms with van der Waals surface area (Å²) in [5, 5.41) is 19.5. The Morgan fingerprint density at radius 2 is 1.67 bits per heavy atom. The zero-order valence-electron chi connectivity index (χ0n) is 36.7. The minimum atomic E-state index is -1.04. The van der Waals surface area contributed by atoms with Crippen molar-refractivity contribution in [2.75, 3.05) is 42.1 Å². The number of alkyl halides is 1. The topological polar surface area (TPSA) is 174 Å². The molecule has 338 valence electrons. The molecule has 2 atom stereocenters. The van der Waals surface area contributed by atoms with Gasteiger partial charge < -0.3 is 26.6 Å². The number of hydrogen-bond acceptors (Lipinski definition) is 12. The molecule has 6 aromatic rings. The van der Waals surface area contributed by atoms with Gasteiger partial charge in [0.25, 0.3) is 5.91 Å². The van der Waals surface area contributed by atoms with E-state index < -0.39 is 17.9 Å². The van der Waals surface area contributed by atoms with Crippen LogP contribution in [0.5, 0.6) is 0 Å². The predicted molar refractivity (Wildman–Crippen MR) is 256 cm³/mol. The molecule has 3 aromatic heterocycles. The summed E-state index contributed by atoms with van der Waals surface area (Å²) in [6.07, 6.45) is 10.9. The van der Waals surface area contributed by atoms with Gasteiger partial charge in [-0.2, -0.15) is 0 Å². The first-order valence-corrected chi connectivity index (χ1v) is 22.5. The van der Waals surface area contributed by atoms with Crippen molar-refractivity contribution >= 4 is 63.2 Å². The van der Waals surface area contributed by atoms with E-state index in [-0.39, 0.29) is 23.9 Å². The van der Waals surface area contributed by atoms with Crippen LogP contribution < -0.4 is 26.6 Å². The number of fused-ring (bicyclic) bond motifs is 2. The summed E-state index contributed by atoms with van der Waals surface area (Å²) < 4.78 is 28.3. The fraction of sp³-hybridized carbons (Fsp3) is 0.320. The summed E-state index contributed by atoms with van der Waals surface area (Å²) in [5.41, 5.74) is 4.24. The average Bonchev–Trinajstić information content (AvgIpc) is 3.29. The van der Waals surface area contributed by atoms with E-state index >= 15 is 0 Å². The van der Waals surface area contributed by atoms with Gasteiger partial charge in [-0.15, -0.1) is 0 Å². The second kappa shape index (κ2) is 20.0. The van der Waals surface area contributed by atoms with E-state index in [1.54, 1.807) is 24.8 Å². The average molecular weight is 891 g/mol. The van der Waals surface area contributed by atoms with Crippen molar-refractivity contribution in [1.82, 2.24) is 35.5 Å². The summed E-state index contributed by atoms with van der Waals surface area (Å²) in [4.78, 5) is 55.8. The van der Waals surface area contributed by atoms with Gasteiger partial charge in [-0.3, -0.25) is 24.5 Å².